The Hall–Kier alpha value is -0.530. The number of hydrogen-bond donors (Lipinski definition) is 0. The minimum Gasteiger partial charge on any atom is -0.342 e. The smallest absolute Gasteiger partial charge is 0.222 e. The molecule has 1 unspecified atom stereocenters. The number of rotatable bonds is 2. The quantitative estimate of drug-likeness (QED) is 0.669. The summed E-state index contributed by atoms with van der Waals surface area (Å²) >= 11 is 0. The third-order valence-electron chi connectivity index (χ3n) is 2.75. The van der Waals surface area contributed by atoms with Gasteiger partial charge in [0.05, 0.1) is 0 Å². The summed E-state index contributed by atoms with van der Waals surface area (Å²) in [6.07, 6.45) is 4.39. The van der Waals surface area contributed by atoms with Crippen LogP contribution in [0.3, 0.4) is 0 Å². The monoisotopic (exact) mass is 199 g/mol. The van der Waals surface area contributed by atoms with Gasteiger partial charge in [0.1, 0.15) is 0 Å². The van der Waals surface area contributed by atoms with Gasteiger partial charge in [-0.05, 0) is 18.8 Å². The first-order chi connectivity index (χ1) is 6.77. The summed E-state index contributed by atoms with van der Waals surface area (Å²) < 4.78 is 0. The van der Waals surface area contributed by atoms with Gasteiger partial charge in [-0.15, -0.1) is 0 Å². The Morgan fingerprint density at radius 3 is 2.50 bits per heavy atom. The highest BCUT2D eigenvalue weighted by molar-refractivity contribution is 5.75. The average molecular weight is 199 g/mol. The van der Waals surface area contributed by atoms with E-state index in [2.05, 4.69) is 6.92 Å². The first-order valence-corrected chi connectivity index (χ1v) is 6.05. The van der Waals surface area contributed by atoms with Crippen LogP contribution in [0.2, 0.25) is 0 Å². The van der Waals surface area contributed by atoms with Gasteiger partial charge in [0.25, 0.3) is 0 Å². The van der Waals surface area contributed by atoms with Crippen LogP contribution in [0, 0.1) is 5.92 Å². The van der Waals surface area contributed by atoms with Gasteiger partial charge in [-0.2, -0.15) is 0 Å². The molecule has 0 aromatic carbocycles. The molecule has 0 radical (unpaired) electrons. The van der Waals surface area contributed by atoms with Crippen molar-refractivity contribution in [3.63, 3.8) is 0 Å². The molecule has 1 saturated heterocycles. The zero-order valence-corrected chi connectivity index (χ0v) is 10.2. The Kier molecular flexibility index (Phi) is 7.54. The first-order valence-electron chi connectivity index (χ1n) is 6.05. The summed E-state index contributed by atoms with van der Waals surface area (Å²) in [6, 6.07) is 0. The van der Waals surface area contributed by atoms with E-state index in [0.29, 0.717) is 12.3 Å². The summed E-state index contributed by atoms with van der Waals surface area (Å²) in [5.74, 6) is 1.09. The predicted octanol–water partition coefficient (Wildman–Crippen LogP) is 3.07. The highest BCUT2D eigenvalue weighted by Gasteiger charge is 2.20. The van der Waals surface area contributed by atoms with Crippen molar-refractivity contribution in [2.45, 2.75) is 53.4 Å². The Morgan fingerprint density at radius 1 is 1.36 bits per heavy atom. The standard InChI is InChI=1S/C10H19NO.C2H6/c1-3-9-6-5-7-11(8-9)10(12)4-2;1-2/h9H,3-8H2,1-2H3;1-2H3. The van der Waals surface area contributed by atoms with Crippen molar-refractivity contribution in [2.24, 2.45) is 5.92 Å². The van der Waals surface area contributed by atoms with Crippen molar-refractivity contribution < 1.29 is 4.79 Å². The zero-order valence-electron chi connectivity index (χ0n) is 10.2. The second-order valence-electron chi connectivity index (χ2n) is 3.61. The minimum absolute atomic E-state index is 0.327. The van der Waals surface area contributed by atoms with Gasteiger partial charge in [-0.3, -0.25) is 4.79 Å². The van der Waals surface area contributed by atoms with E-state index in [4.69, 9.17) is 0 Å². The summed E-state index contributed by atoms with van der Waals surface area (Å²) in [4.78, 5) is 13.4. The van der Waals surface area contributed by atoms with Gasteiger partial charge in [-0.25, -0.2) is 0 Å². The molecule has 2 heteroatoms. The van der Waals surface area contributed by atoms with Crippen LogP contribution in [-0.4, -0.2) is 23.9 Å². The van der Waals surface area contributed by atoms with E-state index >= 15 is 0 Å². The third kappa shape index (κ3) is 4.12. The zero-order chi connectivity index (χ0) is 11.0. The van der Waals surface area contributed by atoms with Crippen molar-refractivity contribution in [1.82, 2.24) is 4.90 Å². The predicted molar refractivity (Wildman–Crippen MR) is 61.2 cm³/mol. The van der Waals surface area contributed by atoms with E-state index in [1.54, 1.807) is 0 Å². The molecule has 0 aromatic heterocycles. The lowest BCUT2D eigenvalue weighted by molar-refractivity contribution is -0.132. The molecule has 0 aromatic rings. The van der Waals surface area contributed by atoms with Gasteiger partial charge in [0.2, 0.25) is 5.91 Å². The van der Waals surface area contributed by atoms with Gasteiger partial charge in [0, 0.05) is 19.5 Å². The molecule has 1 aliphatic heterocycles. The van der Waals surface area contributed by atoms with Crippen molar-refractivity contribution in [2.75, 3.05) is 13.1 Å². The van der Waals surface area contributed by atoms with Crippen LogP contribution in [0.15, 0.2) is 0 Å². The molecule has 1 rings (SSSR count). The Morgan fingerprint density at radius 2 is 2.00 bits per heavy atom. The number of carbonyl (C=O) groups is 1. The van der Waals surface area contributed by atoms with Gasteiger partial charge < -0.3 is 4.90 Å². The highest BCUT2D eigenvalue weighted by Crippen LogP contribution is 2.19. The van der Waals surface area contributed by atoms with Crippen LogP contribution in [0.1, 0.15) is 53.4 Å². The number of piperidine rings is 1. The van der Waals surface area contributed by atoms with E-state index in [1.165, 1.54) is 19.3 Å². The van der Waals surface area contributed by atoms with E-state index in [0.717, 1.165) is 19.0 Å². The third-order valence-corrected chi connectivity index (χ3v) is 2.75. The van der Waals surface area contributed by atoms with E-state index < -0.39 is 0 Å². The maximum Gasteiger partial charge on any atom is 0.222 e. The van der Waals surface area contributed by atoms with E-state index in [9.17, 15) is 4.79 Å². The molecule has 0 bridgehead atoms. The van der Waals surface area contributed by atoms with Crippen LogP contribution in [-0.2, 0) is 4.79 Å². The van der Waals surface area contributed by atoms with Crippen LogP contribution in [0.25, 0.3) is 0 Å². The number of carbonyl (C=O) groups excluding carboxylic acids is 1. The molecule has 1 heterocycles. The van der Waals surface area contributed by atoms with Crippen LogP contribution in [0.5, 0.6) is 0 Å². The van der Waals surface area contributed by atoms with Crippen molar-refractivity contribution in [3.8, 4) is 0 Å². The summed E-state index contributed by atoms with van der Waals surface area (Å²) in [6.45, 7) is 10.1. The second kappa shape index (κ2) is 7.84. The van der Waals surface area contributed by atoms with Crippen LogP contribution >= 0.6 is 0 Å². The number of nitrogens with zero attached hydrogens (tertiary/aromatic N) is 1. The van der Waals surface area contributed by atoms with Crippen molar-refractivity contribution in [3.05, 3.63) is 0 Å². The van der Waals surface area contributed by atoms with Crippen LogP contribution < -0.4 is 0 Å². The molecule has 1 aliphatic rings. The fraction of sp³-hybridized carbons (Fsp3) is 0.917. The van der Waals surface area contributed by atoms with Crippen molar-refractivity contribution >= 4 is 5.91 Å². The molecular weight excluding hydrogens is 174 g/mol. The Balaban J connectivity index is 0.000000791. The molecule has 1 amide bonds. The number of hydrogen-bond acceptors (Lipinski definition) is 1. The molecule has 1 fully saturated rings. The van der Waals surface area contributed by atoms with Gasteiger partial charge in [0.15, 0.2) is 0 Å². The second-order valence-corrected chi connectivity index (χ2v) is 3.61. The molecule has 0 N–H and O–H groups in total. The van der Waals surface area contributed by atoms with E-state index in [-0.39, 0.29) is 0 Å². The highest BCUT2D eigenvalue weighted by atomic mass is 16.2. The molecule has 1 atom stereocenters. The summed E-state index contributed by atoms with van der Waals surface area (Å²) in [5, 5.41) is 0. The lowest BCUT2D eigenvalue weighted by atomic mass is 9.95. The molecule has 2 nitrogen and oxygen atoms in total. The molecule has 0 aliphatic carbocycles. The maximum atomic E-state index is 11.4. The number of likely N-dealkylation sites (tertiary alicyclic amines) is 1. The minimum atomic E-state index is 0.327. The fourth-order valence-electron chi connectivity index (χ4n) is 1.85. The lowest BCUT2D eigenvalue weighted by Gasteiger charge is -2.32. The normalized spacial score (nSPS) is 21.1. The average Bonchev–Trinajstić information content (AvgIpc) is 2.30. The summed E-state index contributed by atoms with van der Waals surface area (Å²) in [5.41, 5.74) is 0. The Bertz CT molecular complexity index is 156. The Labute approximate surface area is 88.7 Å². The van der Waals surface area contributed by atoms with Crippen LogP contribution in [0.4, 0.5) is 0 Å². The number of amides is 1. The largest absolute Gasteiger partial charge is 0.342 e. The molecule has 0 saturated carbocycles. The fourth-order valence-corrected chi connectivity index (χ4v) is 1.85. The summed E-state index contributed by atoms with van der Waals surface area (Å²) in [7, 11) is 0. The van der Waals surface area contributed by atoms with Crippen molar-refractivity contribution in [1.29, 1.82) is 0 Å². The molecule has 14 heavy (non-hydrogen) atoms. The lowest BCUT2D eigenvalue weighted by Crippen LogP contribution is -2.39. The topological polar surface area (TPSA) is 20.3 Å². The van der Waals surface area contributed by atoms with Gasteiger partial charge >= 0.3 is 0 Å². The molecule has 84 valence electrons. The molecular formula is C12H25NO. The molecule has 0 spiro atoms. The van der Waals surface area contributed by atoms with E-state index in [1.807, 2.05) is 25.7 Å². The SMILES string of the molecule is CC.CCC(=O)N1CCCC(CC)C1. The maximum absolute atomic E-state index is 11.4. The first kappa shape index (κ1) is 13.5. The van der Waals surface area contributed by atoms with Gasteiger partial charge in [-0.1, -0.05) is 34.1 Å².